The summed E-state index contributed by atoms with van der Waals surface area (Å²) in [5.41, 5.74) is 0.779. The van der Waals surface area contributed by atoms with E-state index in [-0.39, 0.29) is 6.54 Å². The molecule has 0 aromatic carbocycles. The Kier molecular flexibility index (Phi) is 4.14. The lowest BCUT2D eigenvalue weighted by Crippen LogP contribution is -2.17. The van der Waals surface area contributed by atoms with Crippen molar-refractivity contribution in [3.05, 3.63) is 18.2 Å². The van der Waals surface area contributed by atoms with Crippen LogP contribution in [0.5, 0.6) is 0 Å². The van der Waals surface area contributed by atoms with Gasteiger partial charge in [-0.3, -0.25) is 0 Å². The molecule has 1 aromatic rings. The lowest BCUT2D eigenvalue weighted by Gasteiger charge is -2.10. The largest absolute Gasteiger partial charge is 0.390 e. The summed E-state index contributed by atoms with van der Waals surface area (Å²) in [6.45, 7) is 3.21. The molecule has 0 radical (unpaired) electrons. The Labute approximate surface area is 86.3 Å². The standard InChI is InChI=1S/C9H14F3N3/c1-2-13-5-8-6-14-7-15(8)4-3-9(10,11)12/h6-7,13H,2-5H2,1H3. The summed E-state index contributed by atoms with van der Waals surface area (Å²) in [7, 11) is 0. The molecule has 1 rings (SSSR count). The molecule has 6 heteroatoms. The van der Waals surface area contributed by atoms with E-state index >= 15 is 0 Å². The second-order valence-corrected chi connectivity index (χ2v) is 3.22. The summed E-state index contributed by atoms with van der Waals surface area (Å²) in [5.74, 6) is 0. The molecule has 86 valence electrons. The van der Waals surface area contributed by atoms with Crippen LogP contribution < -0.4 is 5.32 Å². The average Bonchev–Trinajstić information content (AvgIpc) is 2.57. The van der Waals surface area contributed by atoms with E-state index in [0.29, 0.717) is 6.54 Å². The van der Waals surface area contributed by atoms with Crippen molar-refractivity contribution in [2.75, 3.05) is 6.54 Å². The van der Waals surface area contributed by atoms with Crippen LogP contribution in [0.1, 0.15) is 19.0 Å². The monoisotopic (exact) mass is 221 g/mol. The third-order valence-electron chi connectivity index (χ3n) is 1.99. The lowest BCUT2D eigenvalue weighted by atomic mass is 10.4. The molecule has 0 atom stereocenters. The first-order valence-electron chi connectivity index (χ1n) is 4.79. The SMILES string of the molecule is CCNCc1cncn1CCC(F)(F)F. The zero-order valence-corrected chi connectivity index (χ0v) is 8.51. The highest BCUT2D eigenvalue weighted by Crippen LogP contribution is 2.20. The first-order valence-corrected chi connectivity index (χ1v) is 4.79. The fourth-order valence-corrected chi connectivity index (χ4v) is 1.20. The highest BCUT2D eigenvalue weighted by molar-refractivity contribution is 4.97. The van der Waals surface area contributed by atoms with Crippen LogP contribution in [0.4, 0.5) is 13.2 Å². The van der Waals surface area contributed by atoms with Gasteiger partial charge in [0.05, 0.1) is 18.4 Å². The predicted molar refractivity (Wildman–Crippen MR) is 50.3 cm³/mol. The second-order valence-electron chi connectivity index (χ2n) is 3.22. The summed E-state index contributed by atoms with van der Waals surface area (Å²) in [5, 5.41) is 3.05. The molecular weight excluding hydrogens is 207 g/mol. The van der Waals surface area contributed by atoms with Crippen LogP contribution in [-0.4, -0.2) is 22.3 Å². The number of imidazole rings is 1. The fourth-order valence-electron chi connectivity index (χ4n) is 1.20. The van der Waals surface area contributed by atoms with Gasteiger partial charge in [0.1, 0.15) is 0 Å². The molecule has 0 saturated carbocycles. The maximum Gasteiger partial charge on any atom is 0.390 e. The van der Waals surface area contributed by atoms with Gasteiger partial charge < -0.3 is 9.88 Å². The molecule has 1 aromatic heterocycles. The zero-order valence-electron chi connectivity index (χ0n) is 8.51. The summed E-state index contributed by atoms with van der Waals surface area (Å²) < 4.78 is 37.5. The number of hydrogen-bond acceptors (Lipinski definition) is 2. The number of rotatable bonds is 5. The van der Waals surface area contributed by atoms with E-state index in [4.69, 9.17) is 0 Å². The molecule has 0 aliphatic rings. The Morgan fingerprint density at radius 2 is 2.20 bits per heavy atom. The van der Waals surface area contributed by atoms with Gasteiger partial charge in [-0.15, -0.1) is 0 Å². The van der Waals surface area contributed by atoms with Gasteiger partial charge in [0.15, 0.2) is 0 Å². The van der Waals surface area contributed by atoms with Crippen molar-refractivity contribution in [1.29, 1.82) is 0 Å². The third-order valence-corrected chi connectivity index (χ3v) is 1.99. The summed E-state index contributed by atoms with van der Waals surface area (Å²) >= 11 is 0. The van der Waals surface area contributed by atoms with Gasteiger partial charge in [0.25, 0.3) is 0 Å². The average molecular weight is 221 g/mol. The number of alkyl halides is 3. The Hall–Kier alpha value is -1.04. The van der Waals surface area contributed by atoms with Gasteiger partial charge in [0.2, 0.25) is 0 Å². The van der Waals surface area contributed by atoms with Crippen LogP contribution >= 0.6 is 0 Å². The van der Waals surface area contributed by atoms with Crippen molar-refractivity contribution >= 4 is 0 Å². The summed E-state index contributed by atoms with van der Waals surface area (Å²) in [6, 6.07) is 0. The van der Waals surface area contributed by atoms with E-state index in [2.05, 4.69) is 10.3 Å². The molecule has 0 aliphatic carbocycles. The van der Waals surface area contributed by atoms with Gasteiger partial charge in [-0.1, -0.05) is 6.92 Å². The molecule has 0 spiro atoms. The smallest absolute Gasteiger partial charge is 0.333 e. The number of nitrogens with one attached hydrogen (secondary N) is 1. The van der Waals surface area contributed by atoms with Crippen LogP contribution in [0, 0.1) is 0 Å². The maximum absolute atomic E-state index is 12.0. The van der Waals surface area contributed by atoms with Gasteiger partial charge in [0, 0.05) is 19.3 Å². The molecule has 15 heavy (non-hydrogen) atoms. The fraction of sp³-hybridized carbons (Fsp3) is 0.667. The number of hydrogen-bond donors (Lipinski definition) is 1. The van der Waals surface area contributed by atoms with Gasteiger partial charge in [-0.05, 0) is 6.54 Å². The summed E-state index contributed by atoms with van der Waals surface area (Å²) in [6.07, 6.45) is -1.92. The van der Waals surface area contributed by atoms with Crippen LogP contribution in [0.2, 0.25) is 0 Å². The van der Waals surface area contributed by atoms with Crippen molar-refractivity contribution in [1.82, 2.24) is 14.9 Å². The molecule has 0 aliphatic heterocycles. The van der Waals surface area contributed by atoms with Crippen LogP contribution in [0.3, 0.4) is 0 Å². The van der Waals surface area contributed by atoms with E-state index in [1.807, 2.05) is 6.92 Å². The quantitative estimate of drug-likeness (QED) is 0.823. The first-order chi connectivity index (χ1) is 7.03. The highest BCUT2D eigenvalue weighted by atomic mass is 19.4. The van der Waals surface area contributed by atoms with Gasteiger partial charge in [-0.25, -0.2) is 4.98 Å². The van der Waals surface area contributed by atoms with Crippen molar-refractivity contribution in [3.63, 3.8) is 0 Å². The van der Waals surface area contributed by atoms with Crippen LogP contribution in [0.15, 0.2) is 12.5 Å². The van der Waals surface area contributed by atoms with E-state index in [0.717, 1.165) is 12.2 Å². The molecule has 0 bridgehead atoms. The van der Waals surface area contributed by atoms with Crippen molar-refractivity contribution < 1.29 is 13.2 Å². The minimum Gasteiger partial charge on any atom is -0.333 e. The third kappa shape index (κ3) is 4.33. The van der Waals surface area contributed by atoms with Crippen molar-refractivity contribution in [3.8, 4) is 0 Å². The molecule has 1 heterocycles. The normalized spacial score (nSPS) is 12.0. The highest BCUT2D eigenvalue weighted by Gasteiger charge is 2.26. The molecule has 0 saturated heterocycles. The molecule has 0 unspecified atom stereocenters. The Morgan fingerprint density at radius 1 is 1.47 bits per heavy atom. The van der Waals surface area contributed by atoms with Crippen molar-refractivity contribution in [2.45, 2.75) is 32.6 Å². The Balaban J connectivity index is 2.50. The number of halogens is 3. The predicted octanol–water partition coefficient (Wildman–Crippen LogP) is 1.95. The molecule has 3 nitrogen and oxygen atoms in total. The minimum absolute atomic E-state index is 0.0653. The zero-order chi connectivity index (χ0) is 11.3. The number of nitrogens with zero attached hydrogens (tertiary/aromatic N) is 2. The van der Waals surface area contributed by atoms with Gasteiger partial charge >= 0.3 is 6.18 Å². The summed E-state index contributed by atoms with van der Waals surface area (Å²) in [4.78, 5) is 3.83. The van der Waals surface area contributed by atoms with Crippen LogP contribution in [-0.2, 0) is 13.1 Å². The van der Waals surface area contributed by atoms with Crippen molar-refractivity contribution in [2.24, 2.45) is 0 Å². The minimum atomic E-state index is -4.11. The van der Waals surface area contributed by atoms with E-state index in [1.54, 1.807) is 6.20 Å². The molecule has 0 fully saturated rings. The molecule has 0 amide bonds. The molecule has 1 N–H and O–H groups in total. The first kappa shape index (κ1) is 12.0. The second kappa shape index (κ2) is 5.16. The van der Waals surface area contributed by atoms with Crippen LogP contribution in [0.25, 0.3) is 0 Å². The Bertz CT molecular complexity index is 293. The Morgan fingerprint density at radius 3 is 2.80 bits per heavy atom. The van der Waals surface area contributed by atoms with Gasteiger partial charge in [-0.2, -0.15) is 13.2 Å². The van der Waals surface area contributed by atoms with E-state index < -0.39 is 12.6 Å². The van der Waals surface area contributed by atoms with E-state index in [9.17, 15) is 13.2 Å². The lowest BCUT2D eigenvalue weighted by molar-refractivity contribution is -0.136. The number of aromatic nitrogens is 2. The van der Waals surface area contributed by atoms with E-state index in [1.165, 1.54) is 10.9 Å². The number of aryl methyl sites for hydroxylation is 1. The maximum atomic E-state index is 12.0. The molecular formula is C9H14F3N3. The topological polar surface area (TPSA) is 29.9 Å².